The van der Waals surface area contributed by atoms with E-state index in [1.165, 1.54) is 11.8 Å². The van der Waals surface area contributed by atoms with Crippen molar-refractivity contribution in [2.45, 2.75) is 13.8 Å². The van der Waals surface area contributed by atoms with Gasteiger partial charge >= 0.3 is 0 Å². The van der Waals surface area contributed by atoms with Crippen LogP contribution in [0.3, 0.4) is 0 Å². The van der Waals surface area contributed by atoms with Crippen molar-refractivity contribution in [1.82, 2.24) is 4.90 Å². The molecule has 0 spiro atoms. The van der Waals surface area contributed by atoms with Gasteiger partial charge in [-0.3, -0.25) is 9.69 Å². The van der Waals surface area contributed by atoms with E-state index in [-0.39, 0.29) is 5.91 Å². The predicted molar refractivity (Wildman–Crippen MR) is 108 cm³/mol. The number of hydrogen-bond donors (Lipinski definition) is 0. The monoisotopic (exact) mass is 395 g/mol. The zero-order valence-electron chi connectivity index (χ0n) is 15.5. The Kier molecular flexibility index (Phi) is 6.16. The van der Waals surface area contributed by atoms with E-state index in [2.05, 4.69) is 4.99 Å². The van der Waals surface area contributed by atoms with Crippen LogP contribution in [-0.4, -0.2) is 35.1 Å². The maximum absolute atomic E-state index is 12.7. The lowest BCUT2D eigenvalue weighted by Crippen LogP contribution is -2.28. The van der Waals surface area contributed by atoms with Gasteiger partial charge in [-0.2, -0.15) is 0 Å². The van der Waals surface area contributed by atoms with Gasteiger partial charge in [-0.1, -0.05) is 29.8 Å². The van der Waals surface area contributed by atoms with Crippen LogP contribution in [0.5, 0.6) is 5.75 Å². The van der Waals surface area contributed by atoms with Gasteiger partial charge in [-0.15, -0.1) is 0 Å². The number of ether oxygens (including phenoxy) is 1. The van der Waals surface area contributed by atoms with E-state index in [0.29, 0.717) is 22.4 Å². The van der Waals surface area contributed by atoms with E-state index >= 15 is 0 Å². The molecular weight excluding hydrogens is 376 g/mol. The Bertz CT molecular complexity index is 951. The number of amides is 1. The Morgan fingerprint density at radius 1 is 1.25 bits per heavy atom. The number of aryl methyl sites for hydroxylation is 1. The van der Waals surface area contributed by atoms with Crippen LogP contribution in [0, 0.1) is 6.92 Å². The summed E-state index contributed by atoms with van der Waals surface area (Å²) in [5.74, 6) is -1.00. The molecule has 0 unspecified atom stereocenters. The highest BCUT2D eigenvalue weighted by Crippen LogP contribution is 2.34. The van der Waals surface area contributed by atoms with Gasteiger partial charge < -0.3 is 14.6 Å². The zero-order valence-corrected chi connectivity index (χ0v) is 16.4. The lowest BCUT2D eigenvalue weighted by Gasteiger charge is -2.12. The molecule has 28 heavy (non-hydrogen) atoms. The summed E-state index contributed by atoms with van der Waals surface area (Å²) in [6, 6.07) is 14.7. The van der Waals surface area contributed by atoms with Crippen molar-refractivity contribution in [2.24, 2.45) is 4.99 Å². The van der Waals surface area contributed by atoms with Crippen LogP contribution in [0.4, 0.5) is 5.69 Å². The van der Waals surface area contributed by atoms with Gasteiger partial charge in [-0.05, 0) is 61.5 Å². The summed E-state index contributed by atoms with van der Waals surface area (Å²) in [6.07, 6.45) is 1.75. The number of carbonyl (C=O) groups is 2. The van der Waals surface area contributed by atoms with Gasteiger partial charge in [0.1, 0.15) is 12.4 Å². The summed E-state index contributed by atoms with van der Waals surface area (Å²) in [6.45, 7) is 3.91. The molecule has 2 aromatic carbocycles. The molecule has 1 aliphatic heterocycles. The second-order valence-electron chi connectivity index (χ2n) is 6.12. The number of likely N-dealkylation sites (N-methyl/N-ethyl adjacent to an activating group) is 1. The molecule has 1 fully saturated rings. The number of nitrogens with zero attached hydrogens (tertiary/aromatic N) is 2. The van der Waals surface area contributed by atoms with Crippen molar-refractivity contribution in [1.29, 1.82) is 0 Å². The molecular formula is C21H19N2O4S-. The van der Waals surface area contributed by atoms with Crippen LogP contribution < -0.4 is 9.84 Å². The number of aliphatic carboxylic acids is 1. The van der Waals surface area contributed by atoms with Crippen molar-refractivity contribution >= 4 is 40.6 Å². The molecule has 1 heterocycles. The van der Waals surface area contributed by atoms with E-state index in [1.807, 2.05) is 44.2 Å². The second-order valence-corrected chi connectivity index (χ2v) is 7.13. The first-order valence-electron chi connectivity index (χ1n) is 8.75. The largest absolute Gasteiger partial charge is 0.546 e. The SMILES string of the molecule is CCN1C(=O)/C(=C\c2cccc(OCC(=O)[O-])c2)SC1=Nc1ccc(C)cc1. The minimum atomic E-state index is -1.29. The number of aliphatic imine (C=N–C) groups is 1. The van der Waals surface area contributed by atoms with Gasteiger partial charge in [-0.25, -0.2) is 4.99 Å². The molecule has 3 rings (SSSR count). The Hall–Kier alpha value is -3.06. The van der Waals surface area contributed by atoms with Crippen LogP contribution in [0.2, 0.25) is 0 Å². The maximum atomic E-state index is 12.7. The van der Waals surface area contributed by atoms with Gasteiger partial charge in [0.15, 0.2) is 5.17 Å². The number of thioether (sulfide) groups is 1. The average molecular weight is 395 g/mol. The molecule has 144 valence electrons. The summed E-state index contributed by atoms with van der Waals surface area (Å²) in [5, 5.41) is 11.2. The third-order valence-corrected chi connectivity index (χ3v) is 4.98. The standard InChI is InChI=1S/C21H20N2O4S/c1-3-23-20(26)18(28-21(23)22-16-9-7-14(2)8-10-16)12-15-5-4-6-17(11-15)27-13-19(24)25/h4-12H,3,13H2,1-2H3,(H,24,25)/p-1/b18-12+,22-21?. The molecule has 1 saturated heterocycles. The van der Waals surface area contributed by atoms with Gasteiger partial charge in [0.05, 0.1) is 16.6 Å². The predicted octanol–water partition coefficient (Wildman–Crippen LogP) is 2.75. The van der Waals surface area contributed by atoms with Crippen LogP contribution in [0.25, 0.3) is 6.08 Å². The highest BCUT2D eigenvalue weighted by Gasteiger charge is 2.32. The molecule has 0 aromatic heterocycles. The topological polar surface area (TPSA) is 82.0 Å². The number of carboxylic acids is 1. The van der Waals surface area contributed by atoms with E-state index < -0.39 is 12.6 Å². The summed E-state index contributed by atoms with van der Waals surface area (Å²) in [7, 11) is 0. The second kappa shape index (κ2) is 8.75. The van der Waals surface area contributed by atoms with Gasteiger partial charge in [0.25, 0.3) is 5.91 Å². The first-order valence-corrected chi connectivity index (χ1v) is 9.57. The third-order valence-electron chi connectivity index (χ3n) is 3.98. The number of rotatable bonds is 6. The summed E-state index contributed by atoms with van der Waals surface area (Å²) in [4.78, 5) is 30.1. The number of benzene rings is 2. The highest BCUT2D eigenvalue weighted by molar-refractivity contribution is 8.18. The molecule has 6 nitrogen and oxygen atoms in total. The number of carboxylic acid groups (broad SMARTS) is 1. The van der Waals surface area contributed by atoms with Crippen LogP contribution in [-0.2, 0) is 9.59 Å². The number of carbonyl (C=O) groups excluding carboxylic acids is 2. The smallest absolute Gasteiger partial charge is 0.266 e. The Balaban J connectivity index is 1.84. The van der Waals surface area contributed by atoms with E-state index in [4.69, 9.17) is 4.74 Å². The minimum absolute atomic E-state index is 0.112. The number of hydrogen-bond acceptors (Lipinski definition) is 6. The van der Waals surface area contributed by atoms with Crippen LogP contribution in [0.1, 0.15) is 18.1 Å². The van der Waals surface area contributed by atoms with Crippen molar-refractivity contribution in [3.05, 3.63) is 64.6 Å². The molecule has 0 radical (unpaired) electrons. The lowest BCUT2D eigenvalue weighted by atomic mass is 10.2. The molecule has 1 aliphatic rings. The van der Waals surface area contributed by atoms with Gasteiger partial charge in [0.2, 0.25) is 0 Å². The van der Waals surface area contributed by atoms with E-state index in [9.17, 15) is 14.7 Å². The van der Waals surface area contributed by atoms with Crippen molar-refractivity contribution in [3.63, 3.8) is 0 Å². The van der Waals surface area contributed by atoms with E-state index in [0.717, 1.165) is 16.8 Å². The van der Waals surface area contributed by atoms with Crippen molar-refractivity contribution in [2.75, 3.05) is 13.2 Å². The summed E-state index contributed by atoms with van der Waals surface area (Å²) in [5.41, 5.74) is 2.67. The fourth-order valence-corrected chi connectivity index (χ4v) is 3.65. The molecule has 0 saturated carbocycles. The first kappa shape index (κ1) is 19.7. The highest BCUT2D eigenvalue weighted by atomic mass is 32.2. The van der Waals surface area contributed by atoms with Crippen molar-refractivity contribution < 1.29 is 19.4 Å². The fourth-order valence-electron chi connectivity index (χ4n) is 2.59. The Morgan fingerprint density at radius 2 is 2.00 bits per heavy atom. The number of amidine groups is 1. The third kappa shape index (κ3) is 4.80. The average Bonchev–Trinajstić information content (AvgIpc) is 2.96. The molecule has 1 amide bonds. The Morgan fingerprint density at radius 3 is 2.68 bits per heavy atom. The first-order chi connectivity index (χ1) is 13.5. The summed E-state index contributed by atoms with van der Waals surface area (Å²) < 4.78 is 5.13. The quantitative estimate of drug-likeness (QED) is 0.703. The zero-order chi connectivity index (χ0) is 20.1. The molecule has 7 heteroatoms. The maximum Gasteiger partial charge on any atom is 0.266 e. The molecule has 0 atom stereocenters. The van der Waals surface area contributed by atoms with Crippen LogP contribution in [0.15, 0.2) is 58.4 Å². The summed E-state index contributed by atoms with van der Waals surface area (Å²) >= 11 is 1.31. The lowest BCUT2D eigenvalue weighted by molar-refractivity contribution is -0.307. The molecule has 0 aliphatic carbocycles. The van der Waals surface area contributed by atoms with E-state index in [1.54, 1.807) is 29.2 Å². The molecule has 2 aromatic rings. The fraction of sp³-hybridized carbons (Fsp3) is 0.190. The van der Waals surface area contributed by atoms with Gasteiger partial charge in [0, 0.05) is 6.54 Å². The normalized spacial score (nSPS) is 16.8. The molecule has 0 bridgehead atoms. The Labute approximate surface area is 167 Å². The van der Waals surface area contributed by atoms with Crippen LogP contribution >= 0.6 is 11.8 Å². The minimum Gasteiger partial charge on any atom is -0.546 e. The molecule has 0 N–H and O–H groups in total. The van der Waals surface area contributed by atoms with Crippen molar-refractivity contribution in [3.8, 4) is 5.75 Å².